The van der Waals surface area contributed by atoms with Gasteiger partial charge in [-0.05, 0) is 57.7 Å². The van der Waals surface area contributed by atoms with Crippen LogP contribution in [0.25, 0.3) is 10.9 Å². The first-order valence-electron chi connectivity index (χ1n) is 9.90. The second-order valence-electron chi connectivity index (χ2n) is 7.92. The van der Waals surface area contributed by atoms with Crippen LogP contribution in [0.3, 0.4) is 0 Å². The number of aryl methyl sites for hydroxylation is 1. The quantitative estimate of drug-likeness (QED) is 0.352. The summed E-state index contributed by atoms with van der Waals surface area (Å²) in [6.07, 6.45) is 4.41. The van der Waals surface area contributed by atoms with Gasteiger partial charge in [-0.25, -0.2) is 4.98 Å². The van der Waals surface area contributed by atoms with Crippen LogP contribution in [-0.2, 0) is 0 Å². The number of nitrogens with zero attached hydrogens (tertiary/aromatic N) is 3. The maximum Gasteiger partial charge on any atom is 0.262 e. The number of carbonyl (C=O) groups is 1. The molecule has 0 atom stereocenters. The smallest absolute Gasteiger partial charge is 0.262 e. The van der Waals surface area contributed by atoms with Gasteiger partial charge in [0.1, 0.15) is 0 Å². The molecule has 2 aliphatic rings. The van der Waals surface area contributed by atoms with Crippen LogP contribution in [0.2, 0.25) is 0 Å². The molecule has 0 amide bonds. The molecule has 0 radical (unpaired) electrons. The SMILES string of the molecule is Cc1cc(C(=O)CSc2nc3ccccc3c(=O)n2C2CC2)c(C)n1C1CC1. The standard InChI is InChI=1S/C22H23N3O2S/c1-13-11-18(14(2)24(13)15-7-8-15)20(26)12-28-22-23-19-6-4-3-5-17(19)21(27)25(22)16-9-10-16/h3-6,11,15-16H,7-10,12H2,1-2H3. The minimum Gasteiger partial charge on any atom is -0.345 e. The predicted molar refractivity (Wildman–Crippen MR) is 112 cm³/mol. The van der Waals surface area contributed by atoms with Crippen LogP contribution in [0.1, 0.15) is 59.5 Å². The maximum atomic E-state index is 13.0. The summed E-state index contributed by atoms with van der Waals surface area (Å²) in [5, 5.41) is 1.31. The first kappa shape index (κ1) is 17.7. The highest BCUT2D eigenvalue weighted by molar-refractivity contribution is 7.99. The fraction of sp³-hybridized carbons (Fsp3) is 0.409. The maximum absolute atomic E-state index is 13.0. The van der Waals surface area contributed by atoms with Gasteiger partial charge in [0.25, 0.3) is 5.56 Å². The van der Waals surface area contributed by atoms with Crippen LogP contribution in [0.4, 0.5) is 0 Å². The number of carbonyl (C=O) groups excluding carboxylic acids is 1. The normalized spacial score (nSPS) is 16.6. The van der Waals surface area contributed by atoms with Gasteiger partial charge in [0, 0.05) is 29.0 Å². The molecule has 0 aliphatic heterocycles. The van der Waals surface area contributed by atoms with E-state index in [0.717, 1.165) is 29.8 Å². The molecule has 3 aromatic rings. The number of rotatable bonds is 6. The molecule has 6 heteroatoms. The van der Waals surface area contributed by atoms with Crippen molar-refractivity contribution in [1.29, 1.82) is 0 Å². The highest BCUT2D eigenvalue weighted by Crippen LogP contribution is 2.39. The van der Waals surface area contributed by atoms with Crippen LogP contribution < -0.4 is 5.56 Å². The van der Waals surface area contributed by atoms with Gasteiger partial charge in [-0.3, -0.25) is 14.2 Å². The van der Waals surface area contributed by atoms with Crippen LogP contribution in [0.5, 0.6) is 0 Å². The second kappa shape index (κ2) is 6.62. The largest absolute Gasteiger partial charge is 0.345 e. The van der Waals surface area contributed by atoms with E-state index in [1.54, 1.807) is 4.57 Å². The van der Waals surface area contributed by atoms with Gasteiger partial charge in [-0.1, -0.05) is 23.9 Å². The highest BCUT2D eigenvalue weighted by Gasteiger charge is 2.30. The molecule has 0 spiro atoms. The van der Waals surface area contributed by atoms with E-state index < -0.39 is 0 Å². The summed E-state index contributed by atoms with van der Waals surface area (Å²) in [7, 11) is 0. The molecule has 144 valence electrons. The summed E-state index contributed by atoms with van der Waals surface area (Å²) >= 11 is 1.39. The lowest BCUT2D eigenvalue weighted by Crippen LogP contribution is -2.22. The van der Waals surface area contributed by atoms with Crippen molar-refractivity contribution in [2.45, 2.75) is 56.8 Å². The Labute approximate surface area is 167 Å². The molecule has 0 unspecified atom stereocenters. The minimum atomic E-state index is 0.00922. The zero-order valence-electron chi connectivity index (χ0n) is 16.1. The molecule has 5 nitrogen and oxygen atoms in total. The van der Waals surface area contributed by atoms with Crippen molar-refractivity contribution in [2.24, 2.45) is 0 Å². The Morgan fingerprint density at radius 2 is 1.79 bits per heavy atom. The molecule has 2 aliphatic carbocycles. The fourth-order valence-electron chi connectivity index (χ4n) is 4.04. The Morgan fingerprint density at radius 3 is 2.50 bits per heavy atom. The average molecular weight is 394 g/mol. The summed E-state index contributed by atoms with van der Waals surface area (Å²) in [6.45, 7) is 4.11. The molecule has 1 aromatic carbocycles. The van der Waals surface area contributed by atoms with Crippen LogP contribution in [-0.4, -0.2) is 25.7 Å². The number of benzene rings is 1. The van der Waals surface area contributed by atoms with Gasteiger partial charge in [0.05, 0.1) is 16.7 Å². The summed E-state index contributed by atoms with van der Waals surface area (Å²) in [6, 6.07) is 10.3. The van der Waals surface area contributed by atoms with E-state index >= 15 is 0 Å². The van der Waals surface area contributed by atoms with Crippen LogP contribution >= 0.6 is 11.8 Å². The van der Waals surface area contributed by atoms with Crippen molar-refractivity contribution >= 4 is 28.4 Å². The lowest BCUT2D eigenvalue weighted by molar-refractivity contribution is 0.102. The van der Waals surface area contributed by atoms with E-state index in [1.165, 1.54) is 24.6 Å². The van der Waals surface area contributed by atoms with E-state index in [9.17, 15) is 9.59 Å². The summed E-state index contributed by atoms with van der Waals surface area (Å²) < 4.78 is 4.10. The summed E-state index contributed by atoms with van der Waals surface area (Å²) in [5.41, 5.74) is 3.74. The number of para-hydroxylation sites is 1. The zero-order valence-corrected chi connectivity index (χ0v) is 17.0. The molecule has 0 bridgehead atoms. The van der Waals surface area contributed by atoms with Gasteiger partial charge in [0.2, 0.25) is 0 Å². The van der Waals surface area contributed by atoms with Crippen LogP contribution in [0.15, 0.2) is 40.3 Å². The summed E-state index contributed by atoms with van der Waals surface area (Å²) in [5.74, 6) is 0.404. The van der Waals surface area contributed by atoms with E-state index in [2.05, 4.69) is 11.5 Å². The van der Waals surface area contributed by atoms with Gasteiger partial charge in [0.15, 0.2) is 10.9 Å². The zero-order chi connectivity index (χ0) is 19.4. The third-order valence-electron chi connectivity index (χ3n) is 5.72. The Morgan fingerprint density at radius 1 is 1.11 bits per heavy atom. The number of ketones is 1. The van der Waals surface area contributed by atoms with E-state index in [-0.39, 0.29) is 17.4 Å². The predicted octanol–water partition coefficient (Wildman–Crippen LogP) is 4.46. The van der Waals surface area contributed by atoms with E-state index in [4.69, 9.17) is 4.98 Å². The third-order valence-corrected chi connectivity index (χ3v) is 6.67. The minimum absolute atomic E-state index is 0.00922. The Kier molecular flexibility index (Phi) is 4.19. The number of Topliss-reactive ketones (excluding diaryl/α,β-unsaturated/α-hetero) is 1. The van der Waals surface area contributed by atoms with Crippen molar-refractivity contribution in [1.82, 2.24) is 14.1 Å². The number of fused-ring (bicyclic) bond motifs is 1. The summed E-state index contributed by atoms with van der Waals surface area (Å²) in [4.78, 5) is 30.6. The molecule has 0 saturated heterocycles. The molecule has 28 heavy (non-hydrogen) atoms. The molecule has 2 aromatic heterocycles. The topological polar surface area (TPSA) is 56.9 Å². The van der Waals surface area contributed by atoms with Crippen molar-refractivity contribution in [3.05, 3.63) is 57.6 Å². The first-order valence-corrected chi connectivity index (χ1v) is 10.9. The molecule has 2 heterocycles. The number of thioether (sulfide) groups is 1. The van der Waals surface area contributed by atoms with Gasteiger partial charge < -0.3 is 4.57 Å². The first-order chi connectivity index (χ1) is 13.5. The molecular weight excluding hydrogens is 370 g/mol. The van der Waals surface area contributed by atoms with Gasteiger partial charge in [-0.2, -0.15) is 0 Å². The molecule has 0 N–H and O–H groups in total. The van der Waals surface area contributed by atoms with Crippen molar-refractivity contribution in [3.8, 4) is 0 Å². The van der Waals surface area contributed by atoms with Gasteiger partial charge in [-0.15, -0.1) is 0 Å². The molecule has 5 rings (SSSR count). The number of aromatic nitrogens is 3. The monoisotopic (exact) mass is 393 g/mol. The van der Waals surface area contributed by atoms with E-state index in [1.807, 2.05) is 37.3 Å². The molecular formula is C22H23N3O2S. The number of hydrogen-bond acceptors (Lipinski definition) is 4. The Balaban J connectivity index is 1.45. The highest BCUT2D eigenvalue weighted by atomic mass is 32.2. The van der Waals surface area contributed by atoms with Crippen molar-refractivity contribution in [3.63, 3.8) is 0 Å². The van der Waals surface area contributed by atoms with Crippen molar-refractivity contribution in [2.75, 3.05) is 5.75 Å². The second-order valence-corrected chi connectivity index (χ2v) is 8.86. The lowest BCUT2D eigenvalue weighted by atomic mass is 10.2. The fourth-order valence-corrected chi connectivity index (χ4v) is 4.99. The Hall–Kier alpha value is -2.34. The third kappa shape index (κ3) is 3.00. The number of hydrogen-bond donors (Lipinski definition) is 0. The Bertz CT molecular complexity index is 1150. The van der Waals surface area contributed by atoms with Crippen LogP contribution in [0, 0.1) is 13.8 Å². The van der Waals surface area contributed by atoms with Crippen molar-refractivity contribution < 1.29 is 4.79 Å². The van der Waals surface area contributed by atoms with E-state index in [0.29, 0.717) is 27.9 Å². The van der Waals surface area contributed by atoms with Gasteiger partial charge >= 0.3 is 0 Å². The molecule has 2 saturated carbocycles. The average Bonchev–Trinajstić information content (AvgIpc) is 3.59. The lowest BCUT2D eigenvalue weighted by Gasteiger charge is -2.12. The molecule has 2 fully saturated rings.